The maximum absolute atomic E-state index is 12.8. The second-order valence-corrected chi connectivity index (χ2v) is 9.51. The van der Waals surface area contributed by atoms with Crippen molar-refractivity contribution in [2.45, 2.75) is 56.7 Å². The van der Waals surface area contributed by atoms with Gasteiger partial charge in [0, 0.05) is 36.8 Å². The molecule has 2 aliphatic rings. The molecule has 0 bridgehead atoms. The number of imidazole rings is 1. The highest BCUT2D eigenvalue weighted by atomic mass is 32.2. The summed E-state index contributed by atoms with van der Waals surface area (Å²) in [6.07, 6.45) is 2.43. The van der Waals surface area contributed by atoms with Crippen LogP contribution in [-0.4, -0.2) is 59.7 Å². The Morgan fingerprint density at radius 1 is 1.23 bits per heavy atom. The van der Waals surface area contributed by atoms with Gasteiger partial charge in [0.2, 0.25) is 5.91 Å². The van der Waals surface area contributed by atoms with E-state index in [2.05, 4.69) is 33.8 Å². The number of morpholine rings is 1. The molecule has 31 heavy (non-hydrogen) atoms. The van der Waals surface area contributed by atoms with Crippen LogP contribution in [0.25, 0.3) is 0 Å². The summed E-state index contributed by atoms with van der Waals surface area (Å²) in [5.74, 6) is -0.0221. The largest absolute Gasteiger partial charge is 0.378 e. The first-order valence-corrected chi connectivity index (χ1v) is 11.9. The van der Waals surface area contributed by atoms with Crippen LogP contribution in [0.1, 0.15) is 31.2 Å². The van der Waals surface area contributed by atoms with Crippen molar-refractivity contribution in [3.8, 4) is 0 Å². The molecule has 1 amide bonds. The van der Waals surface area contributed by atoms with Gasteiger partial charge in [0.25, 0.3) is 0 Å². The zero-order chi connectivity index (χ0) is 21.8. The summed E-state index contributed by atoms with van der Waals surface area (Å²) in [7, 11) is 0. The minimum atomic E-state index is -0.261. The Kier molecular flexibility index (Phi) is 7.20. The molecule has 1 N–H and O–H groups in total. The van der Waals surface area contributed by atoms with Crippen LogP contribution < -0.4 is 10.2 Å². The van der Waals surface area contributed by atoms with Gasteiger partial charge in [0.1, 0.15) is 0 Å². The first-order chi connectivity index (χ1) is 15.0. The van der Waals surface area contributed by atoms with Crippen molar-refractivity contribution in [2.24, 2.45) is 0 Å². The SMILES string of the molecule is Cc1nc(S[C@@H](C)C(=O)Nc2ccc(N3CCOCC3)cc2)n(C[C@@H]2CCCO2)c1C. The second kappa shape index (κ2) is 10.1. The number of nitrogens with zero attached hydrogens (tertiary/aromatic N) is 3. The maximum Gasteiger partial charge on any atom is 0.237 e. The van der Waals surface area contributed by atoms with Gasteiger partial charge < -0.3 is 24.3 Å². The Morgan fingerprint density at radius 2 is 1.97 bits per heavy atom. The predicted molar refractivity (Wildman–Crippen MR) is 124 cm³/mol. The van der Waals surface area contributed by atoms with Crippen LogP contribution in [0.4, 0.5) is 11.4 Å². The number of aryl methyl sites for hydroxylation is 1. The molecule has 2 aromatic rings. The van der Waals surface area contributed by atoms with Crippen molar-refractivity contribution >= 4 is 29.0 Å². The highest BCUT2D eigenvalue weighted by molar-refractivity contribution is 8.00. The van der Waals surface area contributed by atoms with Crippen LogP contribution in [0, 0.1) is 13.8 Å². The van der Waals surface area contributed by atoms with E-state index < -0.39 is 0 Å². The summed E-state index contributed by atoms with van der Waals surface area (Å²) >= 11 is 1.50. The fraction of sp³-hybridized carbons (Fsp3) is 0.565. The molecule has 4 rings (SSSR count). The molecule has 168 valence electrons. The Hall–Kier alpha value is -2.03. The molecule has 2 fully saturated rings. The Morgan fingerprint density at radius 3 is 2.65 bits per heavy atom. The molecule has 0 radical (unpaired) electrons. The number of nitrogens with one attached hydrogen (secondary N) is 1. The van der Waals surface area contributed by atoms with Crippen molar-refractivity contribution in [3.63, 3.8) is 0 Å². The van der Waals surface area contributed by atoms with E-state index in [9.17, 15) is 4.79 Å². The monoisotopic (exact) mass is 444 g/mol. The molecule has 1 aromatic carbocycles. The normalized spacial score (nSPS) is 20.1. The summed E-state index contributed by atoms with van der Waals surface area (Å²) in [6, 6.07) is 8.04. The van der Waals surface area contributed by atoms with E-state index in [1.807, 2.05) is 26.0 Å². The van der Waals surface area contributed by atoms with E-state index >= 15 is 0 Å². The lowest BCUT2D eigenvalue weighted by molar-refractivity contribution is -0.115. The quantitative estimate of drug-likeness (QED) is 0.658. The fourth-order valence-corrected chi connectivity index (χ4v) is 4.96. The molecule has 0 spiro atoms. The van der Waals surface area contributed by atoms with Crippen LogP contribution in [-0.2, 0) is 20.8 Å². The number of carbonyl (C=O) groups excluding carboxylic acids is 1. The van der Waals surface area contributed by atoms with Gasteiger partial charge in [-0.2, -0.15) is 0 Å². The van der Waals surface area contributed by atoms with Crippen LogP contribution in [0.5, 0.6) is 0 Å². The van der Waals surface area contributed by atoms with Crippen molar-refractivity contribution in [3.05, 3.63) is 35.7 Å². The summed E-state index contributed by atoms with van der Waals surface area (Å²) in [5, 5.41) is 3.67. The van der Waals surface area contributed by atoms with Crippen molar-refractivity contribution in [2.75, 3.05) is 43.1 Å². The lowest BCUT2D eigenvalue weighted by Gasteiger charge is -2.28. The van der Waals surface area contributed by atoms with Gasteiger partial charge in [-0.1, -0.05) is 11.8 Å². The third-order valence-corrected chi connectivity index (χ3v) is 7.09. The molecule has 1 aromatic heterocycles. The smallest absolute Gasteiger partial charge is 0.237 e. The van der Waals surface area contributed by atoms with E-state index in [1.165, 1.54) is 11.8 Å². The van der Waals surface area contributed by atoms with Crippen LogP contribution in [0.3, 0.4) is 0 Å². The van der Waals surface area contributed by atoms with Crippen LogP contribution >= 0.6 is 11.8 Å². The van der Waals surface area contributed by atoms with E-state index in [-0.39, 0.29) is 17.3 Å². The van der Waals surface area contributed by atoms with E-state index in [4.69, 9.17) is 14.5 Å². The number of hydrogen-bond acceptors (Lipinski definition) is 6. The molecular formula is C23H32N4O3S. The third kappa shape index (κ3) is 5.42. The van der Waals surface area contributed by atoms with Gasteiger partial charge in [-0.05, 0) is 57.9 Å². The zero-order valence-electron chi connectivity index (χ0n) is 18.6. The van der Waals surface area contributed by atoms with Gasteiger partial charge in [-0.15, -0.1) is 0 Å². The molecular weight excluding hydrogens is 412 g/mol. The van der Waals surface area contributed by atoms with Crippen LogP contribution in [0.2, 0.25) is 0 Å². The number of aromatic nitrogens is 2. The number of anilines is 2. The van der Waals surface area contributed by atoms with E-state index in [0.29, 0.717) is 0 Å². The van der Waals surface area contributed by atoms with E-state index in [1.54, 1.807) is 0 Å². The Labute approximate surface area is 188 Å². The number of hydrogen-bond donors (Lipinski definition) is 1. The number of ether oxygens (including phenoxy) is 2. The molecule has 2 atom stereocenters. The number of rotatable bonds is 7. The topological polar surface area (TPSA) is 68.6 Å². The molecule has 2 saturated heterocycles. The molecule has 3 heterocycles. The van der Waals surface area contributed by atoms with Gasteiger partial charge in [-0.25, -0.2) is 4.98 Å². The Balaban J connectivity index is 1.37. The third-order valence-electron chi connectivity index (χ3n) is 6.00. The number of carbonyl (C=O) groups is 1. The van der Waals surface area contributed by atoms with Crippen molar-refractivity contribution in [1.29, 1.82) is 0 Å². The predicted octanol–water partition coefficient (Wildman–Crippen LogP) is 3.63. The summed E-state index contributed by atoms with van der Waals surface area (Å²) in [5.41, 5.74) is 4.12. The van der Waals surface area contributed by atoms with Gasteiger partial charge >= 0.3 is 0 Å². The number of benzene rings is 1. The van der Waals surface area contributed by atoms with Gasteiger partial charge in [-0.3, -0.25) is 4.79 Å². The van der Waals surface area contributed by atoms with Gasteiger partial charge in [0.15, 0.2) is 5.16 Å². The average Bonchev–Trinajstić information content (AvgIpc) is 3.39. The fourth-order valence-electron chi connectivity index (χ4n) is 3.95. The first kappa shape index (κ1) is 22.2. The van der Waals surface area contributed by atoms with Crippen molar-refractivity contribution in [1.82, 2.24) is 9.55 Å². The lowest BCUT2D eigenvalue weighted by atomic mass is 10.2. The molecule has 7 nitrogen and oxygen atoms in total. The molecule has 0 aliphatic carbocycles. The average molecular weight is 445 g/mol. The second-order valence-electron chi connectivity index (χ2n) is 8.21. The number of thioether (sulfide) groups is 1. The highest BCUT2D eigenvalue weighted by Gasteiger charge is 2.23. The van der Waals surface area contributed by atoms with Crippen molar-refractivity contribution < 1.29 is 14.3 Å². The molecule has 8 heteroatoms. The molecule has 2 aliphatic heterocycles. The van der Waals surface area contributed by atoms with E-state index in [0.717, 1.165) is 80.2 Å². The maximum atomic E-state index is 12.8. The standard InChI is InChI=1S/C23H32N4O3S/c1-16-17(2)27(15-21-5-4-12-30-21)23(24-16)31-18(3)22(28)25-19-6-8-20(9-7-19)26-10-13-29-14-11-26/h6-9,18,21H,4-5,10-15H2,1-3H3,(H,25,28)/t18-,21-/m0/s1. The Bertz CT molecular complexity index is 887. The zero-order valence-corrected chi connectivity index (χ0v) is 19.4. The summed E-state index contributed by atoms with van der Waals surface area (Å²) in [6.45, 7) is 11.0. The minimum Gasteiger partial charge on any atom is -0.378 e. The summed E-state index contributed by atoms with van der Waals surface area (Å²) in [4.78, 5) is 19.8. The molecule has 0 unspecified atom stereocenters. The molecule has 0 saturated carbocycles. The summed E-state index contributed by atoms with van der Waals surface area (Å²) < 4.78 is 13.4. The van der Waals surface area contributed by atoms with Gasteiger partial charge in [0.05, 0.1) is 36.8 Å². The number of amides is 1. The minimum absolute atomic E-state index is 0.0221. The van der Waals surface area contributed by atoms with Crippen LogP contribution in [0.15, 0.2) is 29.4 Å². The first-order valence-electron chi connectivity index (χ1n) is 11.1. The highest BCUT2D eigenvalue weighted by Crippen LogP contribution is 2.28. The lowest BCUT2D eigenvalue weighted by Crippen LogP contribution is -2.36.